The number of hydrogen-bond donors (Lipinski definition) is 0. The Morgan fingerprint density at radius 1 is 1.38 bits per heavy atom. The number of para-hydroxylation sites is 1. The average Bonchev–Trinajstić information content (AvgIpc) is 2.77. The molecule has 0 fully saturated rings. The zero-order valence-corrected chi connectivity index (χ0v) is 9.57. The summed E-state index contributed by atoms with van der Waals surface area (Å²) in [7, 11) is 1.64. The second-order valence-electron chi connectivity index (χ2n) is 3.23. The van der Waals surface area contributed by atoms with Crippen molar-refractivity contribution in [3.8, 4) is 5.75 Å². The number of aromatic nitrogens is 2. The molecule has 1 aromatic heterocycles. The van der Waals surface area contributed by atoms with Gasteiger partial charge in [-0.05, 0) is 6.07 Å². The highest BCUT2D eigenvalue weighted by atomic mass is 35.5. The lowest BCUT2D eigenvalue weighted by molar-refractivity contribution is 0.375. The Bertz CT molecular complexity index is 471. The van der Waals surface area contributed by atoms with Crippen LogP contribution >= 0.6 is 11.6 Å². The fraction of sp³-hybridized carbons (Fsp3) is 0.273. The van der Waals surface area contributed by atoms with E-state index in [0.29, 0.717) is 18.1 Å². The summed E-state index contributed by atoms with van der Waals surface area (Å²) in [5.41, 5.74) is 1.01. The predicted octanol–water partition coefficient (Wildman–Crippen LogP) is 2.41. The highest BCUT2D eigenvalue weighted by Gasteiger charge is 2.09. The summed E-state index contributed by atoms with van der Waals surface area (Å²) in [4.78, 5) is 4.13. The maximum absolute atomic E-state index is 5.59. The number of rotatable bonds is 4. The van der Waals surface area contributed by atoms with Crippen molar-refractivity contribution in [2.24, 2.45) is 0 Å². The predicted molar refractivity (Wildman–Crippen MR) is 59.7 cm³/mol. The standard InChI is InChI=1S/C11H11ClN2O2/c1-15-9-5-3-2-4-8(9)6-11-13-10(7-12)14-16-11/h2-5H,6-7H2,1H3. The summed E-state index contributed by atoms with van der Waals surface area (Å²) < 4.78 is 10.3. The third-order valence-corrected chi connectivity index (χ3v) is 2.40. The first-order valence-electron chi connectivity index (χ1n) is 4.83. The Morgan fingerprint density at radius 2 is 2.19 bits per heavy atom. The number of hydrogen-bond acceptors (Lipinski definition) is 4. The molecule has 0 saturated carbocycles. The first-order valence-corrected chi connectivity index (χ1v) is 5.36. The Hall–Kier alpha value is -1.55. The van der Waals surface area contributed by atoms with Crippen molar-refractivity contribution in [2.75, 3.05) is 7.11 Å². The molecule has 0 spiro atoms. The van der Waals surface area contributed by atoms with Crippen LogP contribution in [0.15, 0.2) is 28.8 Å². The minimum absolute atomic E-state index is 0.259. The van der Waals surface area contributed by atoms with Crippen LogP contribution in [-0.2, 0) is 12.3 Å². The van der Waals surface area contributed by atoms with Crippen LogP contribution < -0.4 is 4.74 Å². The minimum Gasteiger partial charge on any atom is -0.496 e. The molecule has 0 bridgehead atoms. The van der Waals surface area contributed by atoms with Crippen LogP contribution in [0.4, 0.5) is 0 Å². The normalized spacial score (nSPS) is 10.4. The van der Waals surface area contributed by atoms with Crippen LogP contribution in [0.2, 0.25) is 0 Å². The molecule has 2 rings (SSSR count). The third kappa shape index (κ3) is 2.33. The van der Waals surface area contributed by atoms with Gasteiger partial charge in [-0.25, -0.2) is 0 Å². The van der Waals surface area contributed by atoms with E-state index in [0.717, 1.165) is 11.3 Å². The number of halogens is 1. The molecule has 2 aromatic rings. The van der Waals surface area contributed by atoms with Crippen LogP contribution in [-0.4, -0.2) is 17.3 Å². The van der Waals surface area contributed by atoms with Gasteiger partial charge in [0.2, 0.25) is 5.89 Å². The highest BCUT2D eigenvalue weighted by Crippen LogP contribution is 2.20. The van der Waals surface area contributed by atoms with Crippen molar-refractivity contribution in [1.29, 1.82) is 0 Å². The molecule has 4 nitrogen and oxygen atoms in total. The molecule has 0 saturated heterocycles. The summed E-state index contributed by atoms with van der Waals surface area (Å²) in [5.74, 6) is 2.12. The quantitative estimate of drug-likeness (QED) is 0.768. The van der Waals surface area contributed by atoms with Gasteiger partial charge in [0.1, 0.15) is 5.75 Å². The lowest BCUT2D eigenvalue weighted by atomic mass is 10.1. The molecule has 0 atom stereocenters. The van der Waals surface area contributed by atoms with E-state index in [1.807, 2.05) is 24.3 Å². The van der Waals surface area contributed by atoms with Gasteiger partial charge in [0.15, 0.2) is 5.82 Å². The fourth-order valence-electron chi connectivity index (χ4n) is 1.43. The van der Waals surface area contributed by atoms with E-state index in [2.05, 4.69) is 10.1 Å². The lowest BCUT2D eigenvalue weighted by Gasteiger charge is -2.04. The average molecular weight is 239 g/mol. The molecule has 1 heterocycles. The van der Waals surface area contributed by atoms with Gasteiger partial charge in [-0.15, -0.1) is 11.6 Å². The zero-order chi connectivity index (χ0) is 11.4. The molecular weight excluding hydrogens is 228 g/mol. The van der Waals surface area contributed by atoms with E-state index in [1.54, 1.807) is 7.11 Å². The number of benzene rings is 1. The fourth-order valence-corrected chi connectivity index (χ4v) is 1.54. The summed E-state index contributed by atoms with van der Waals surface area (Å²) in [6.07, 6.45) is 0.550. The zero-order valence-electron chi connectivity index (χ0n) is 8.81. The smallest absolute Gasteiger partial charge is 0.231 e. The van der Waals surface area contributed by atoms with E-state index in [9.17, 15) is 0 Å². The molecule has 0 aliphatic carbocycles. The molecule has 0 aliphatic rings. The number of nitrogens with zero attached hydrogens (tertiary/aromatic N) is 2. The largest absolute Gasteiger partial charge is 0.496 e. The van der Waals surface area contributed by atoms with Crippen LogP contribution in [0.3, 0.4) is 0 Å². The number of methoxy groups -OCH3 is 1. The van der Waals surface area contributed by atoms with Crippen LogP contribution in [0.25, 0.3) is 0 Å². The highest BCUT2D eigenvalue weighted by molar-refractivity contribution is 6.16. The molecule has 0 amide bonds. The van der Waals surface area contributed by atoms with E-state index in [1.165, 1.54) is 0 Å². The Kier molecular flexibility index (Phi) is 3.41. The first-order chi connectivity index (χ1) is 7.83. The summed E-state index contributed by atoms with van der Waals surface area (Å²) in [6.45, 7) is 0. The summed E-state index contributed by atoms with van der Waals surface area (Å²) in [6, 6.07) is 7.72. The van der Waals surface area contributed by atoms with Gasteiger partial charge in [0.25, 0.3) is 0 Å². The van der Waals surface area contributed by atoms with E-state index in [4.69, 9.17) is 20.9 Å². The summed E-state index contributed by atoms with van der Waals surface area (Å²) >= 11 is 5.59. The second kappa shape index (κ2) is 4.99. The van der Waals surface area contributed by atoms with Gasteiger partial charge in [-0.2, -0.15) is 4.98 Å². The van der Waals surface area contributed by atoms with Crippen molar-refractivity contribution in [2.45, 2.75) is 12.3 Å². The Balaban J connectivity index is 2.19. The number of alkyl halides is 1. The maximum Gasteiger partial charge on any atom is 0.231 e. The minimum atomic E-state index is 0.259. The van der Waals surface area contributed by atoms with Gasteiger partial charge >= 0.3 is 0 Å². The molecule has 1 aromatic carbocycles. The van der Waals surface area contributed by atoms with Crippen LogP contribution in [0.5, 0.6) is 5.75 Å². The lowest BCUT2D eigenvalue weighted by Crippen LogP contribution is -1.93. The second-order valence-corrected chi connectivity index (χ2v) is 3.49. The maximum atomic E-state index is 5.59. The van der Waals surface area contributed by atoms with Gasteiger partial charge in [-0.3, -0.25) is 0 Å². The Labute approximate surface area is 98.2 Å². The molecule has 0 N–H and O–H groups in total. The van der Waals surface area contributed by atoms with Crippen LogP contribution in [0.1, 0.15) is 17.3 Å². The number of ether oxygens (including phenoxy) is 1. The van der Waals surface area contributed by atoms with Crippen molar-refractivity contribution in [1.82, 2.24) is 10.1 Å². The SMILES string of the molecule is COc1ccccc1Cc1nc(CCl)no1. The van der Waals surface area contributed by atoms with Crippen molar-refractivity contribution < 1.29 is 9.26 Å². The van der Waals surface area contributed by atoms with E-state index in [-0.39, 0.29) is 5.88 Å². The first kappa shape index (κ1) is 11.0. The molecule has 5 heteroatoms. The van der Waals surface area contributed by atoms with Crippen LogP contribution in [0, 0.1) is 0 Å². The summed E-state index contributed by atoms with van der Waals surface area (Å²) in [5, 5.41) is 3.73. The molecule has 16 heavy (non-hydrogen) atoms. The van der Waals surface area contributed by atoms with E-state index < -0.39 is 0 Å². The van der Waals surface area contributed by atoms with Crippen molar-refractivity contribution >= 4 is 11.6 Å². The Morgan fingerprint density at radius 3 is 2.88 bits per heavy atom. The van der Waals surface area contributed by atoms with Gasteiger partial charge in [-0.1, -0.05) is 23.4 Å². The monoisotopic (exact) mass is 238 g/mol. The van der Waals surface area contributed by atoms with Crippen molar-refractivity contribution in [3.05, 3.63) is 41.5 Å². The van der Waals surface area contributed by atoms with Gasteiger partial charge < -0.3 is 9.26 Å². The molecule has 84 valence electrons. The molecule has 0 aliphatic heterocycles. The van der Waals surface area contributed by atoms with Gasteiger partial charge in [0, 0.05) is 5.56 Å². The van der Waals surface area contributed by atoms with Crippen molar-refractivity contribution in [3.63, 3.8) is 0 Å². The van der Waals surface area contributed by atoms with E-state index >= 15 is 0 Å². The molecule has 0 radical (unpaired) electrons. The topological polar surface area (TPSA) is 48.2 Å². The molecular formula is C11H11ClN2O2. The molecule has 0 unspecified atom stereocenters. The van der Waals surface area contributed by atoms with Gasteiger partial charge in [0.05, 0.1) is 19.4 Å². The third-order valence-electron chi connectivity index (χ3n) is 2.16.